The molecule has 0 spiro atoms. The minimum Gasteiger partial charge on any atom is -1.00 e. The summed E-state index contributed by atoms with van der Waals surface area (Å²) < 4.78 is 0.901. The summed E-state index contributed by atoms with van der Waals surface area (Å²) in [7, 11) is 0. The second kappa shape index (κ2) is 7.21. The monoisotopic (exact) mass is 293 g/mol. The molecule has 2 rings (SSSR count). The molecular weight excluding hydrogens is 287 g/mol. The number of hydrogen-bond acceptors (Lipinski definition) is 2. The molecule has 0 fully saturated rings. The minimum atomic E-state index is -0.571. The van der Waals surface area contributed by atoms with Crippen LogP contribution in [0.25, 0.3) is 5.69 Å². The zero-order chi connectivity index (χ0) is 11.0. The second-order valence-electron chi connectivity index (χ2n) is 2.82. The third-order valence-corrected chi connectivity index (χ3v) is 2.22. The summed E-state index contributed by atoms with van der Waals surface area (Å²) in [6, 6.07) is 4.45. The topological polar surface area (TPSA) is 70.7 Å². The molecule has 1 aromatic carbocycles. The van der Waals surface area contributed by atoms with E-state index < -0.39 is 11.4 Å². The van der Waals surface area contributed by atoms with Crippen molar-refractivity contribution in [1.29, 1.82) is 0 Å². The third-order valence-electron chi connectivity index (χ3n) is 1.79. The molecule has 0 aliphatic carbocycles. The van der Waals surface area contributed by atoms with Gasteiger partial charge in [-0.25, -0.2) is 24.4 Å². The maximum Gasteiger partial charge on any atom is 1.00 e. The number of benzene rings is 1. The van der Waals surface area contributed by atoms with Gasteiger partial charge >= 0.3 is 70.5 Å². The summed E-state index contributed by atoms with van der Waals surface area (Å²) in [5.41, 5.74) is -0.823. The largest absolute Gasteiger partial charge is 1.00 e. The molecule has 0 radical (unpaired) electrons. The first-order valence-electron chi connectivity index (χ1n) is 3.94. The van der Waals surface area contributed by atoms with Gasteiger partial charge in [-0.15, -0.1) is 0 Å². The van der Waals surface area contributed by atoms with Crippen LogP contribution in [-0.2, 0) is 0 Å². The van der Waals surface area contributed by atoms with Crippen LogP contribution in [0.2, 0.25) is 10.0 Å². The summed E-state index contributed by atoms with van der Waals surface area (Å²) in [4.78, 5) is 22.5. The summed E-state index contributed by atoms with van der Waals surface area (Å²) in [6.07, 6.45) is 0. The smallest absolute Gasteiger partial charge is 1.00 e. The van der Waals surface area contributed by atoms with E-state index in [2.05, 4.69) is 10.2 Å². The fourth-order valence-corrected chi connectivity index (χ4v) is 1.73. The van der Waals surface area contributed by atoms with Crippen LogP contribution in [-0.4, -0.2) is 14.8 Å². The predicted molar refractivity (Wildman–Crippen MR) is 59.3 cm³/mol. The van der Waals surface area contributed by atoms with Crippen LogP contribution >= 0.6 is 23.2 Å². The second-order valence-corrected chi connectivity index (χ2v) is 3.70. The first kappa shape index (κ1) is 17.5. The first-order valence-corrected chi connectivity index (χ1v) is 4.70. The number of rotatable bonds is 1. The van der Waals surface area contributed by atoms with Crippen molar-refractivity contribution in [3.8, 4) is 5.69 Å². The van der Waals surface area contributed by atoms with Crippen LogP contribution in [0.15, 0.2) is 27.8 Å². The molecule has 0 saturated carbocycles. The van der Waals surface area contributed by atoms with Gasteiger partial charge < -0.3 is 2.85 Å². The van der Waals surface area contributed by atoms with Gasteiger partial charge in [-0.3, -0.25) is 0 Å². The van der Waals surface area contributed by atoms with E-state index >= 15 is 0 Å². The number of H-pyrrole nitrogens is 2. The van der Waals surface area contributed by atoms with Crippen molar-refractivity contribution >= 4 is 23.2 Å². The SMILES string of the molecule is O=c1[nH][nH]c(=O)n1-c1cc(Cl)cc(Cl)c1.[H-].[H-].[Na+].[Na+]. The number of aromatic amines is 2. The molecule has 0 aliphatic heterocycles. The molecule has 1 heterocycles. The van der Waals surface area contributed by atoms with Gasteiger partial charge in [0.1, 0.15) is 0 Å². The normalized spacial score (nSPS) is 9.29. The van der Waals surface area contributed by atoms with Gasteiger partial charge in [0.15, 0.2) is 0 Å². The van der Waals surface area contributed by atoms with E-state index in [0.717, 1.165) is 4.57 Å². The Morgan fingerprint density at radius 1 is 0.941 bits per heavy atom. The molecule has 1 aromatic heterocycles. The van der Waals surface area contributed by atoms with Crippen molar-refractivity contribution in [2.45, 2.75) is 0 Å². The maximum atomic E-state index is 11.3. The minimum absolute atomic E-state index is 0. The molecule has 17 heavy (non-hydrogen) atoms. The Kier molecular flexibility index (Phi) is 7.44. The summed E-state index contributed by atoms with van der Waals surface area (Å²) >= 11 is 11.5. The zero-order valence-corrected chi connectivity index (χ0v) is 14.8. The molecule has 82 valence electrons. The van der Waals surface area contributed by atoms with Crippen LogP contribution < -0.4 is 70.5 Å². The Labute approximate surface area is 153 Å². The third kappa shape index (κ3) is 4.01. The van der Waals surface area contributed by atoms with Crippen molar-refractivity contribution in [1.82, 2.24) is 14.8 Å². The van der Waals surface area contributed by atoms with Crippen LogP contribution in [0.1, 0.15) is 2.85 Å². The van der Waals surface area contributed by atoms with E-state index in [9.17, 15) is 9.59 Å². The van der Waals surface area contributed by atoms with Crippen LogP contribution in [0.4, 0.5) is 0 Å². The maximum absolute atomic E-state index is 11.3. The van der Waals surface area contributed by atoms with Gasteiger partial charge in [0.25, 0.3) is 0 Å². The molecule has 5 nitrogen and oxygen atoms in total. The Bertz CT molecular complexity index is 581. The average molecular weight is 294 g/mol. The first-order chi connectivity index (χ1) is 7.08. The fourth-order valence-electron chi connectivity index (χ4n) is 1.21. The van der Waals surface area contributed by atoms with Gasteiger partial charge in [-0.1, -0.05) is 23.2 Å². The van der Waals surface area contributed by atoms with E-state index in [0.29, 0.717) is 15.7 Å². The van der Waals surface area contributed by atoms with E-state index in [1.54, 1.807) is 0 Å². The number of nitrogens with zero attached hydrogens (tertiary/aromatic N) is 1. The van der Waals surface area contributed by atoms with E-state index in [1.807, 2.05) is 0 Å². The number of halogens is 2. The molecule has 0 saturated heterocycles. The molecule has 9 heteroatoms. The van der Waals surface area contributed by atoms with Crippen LogP contribution in [0.3, 0.4) is 0 Å². The van der Waals surface area contributed by atoms with Crippen molar-refractivity contribution in [2.75, 3.05) is 0 Å². The van der Waals surface area contributed by atoms with Gasteiger partial charge in [0.2, 0.25) is 0 Å². The molecule has 2 N–H and O–H groups in total. The molecule has 0 bridgehead atoms. The van der Waals surface area contributed by atoms with Gasteiger partial charge in [0, 0.05) is 10.0 Å². The summed E-state index contributed by atoms with van der Waals surface area (Å²) in [5.74, 6) is 0. The molecule has 0 atom stereocenters. The van der Waals surface area contributed by atoms with Crippen molar-refractivity contribution in [3.63, 3.8) is 0 Å². The molecule has 0 amide bonds. The van der Waals surface area contributed by atoms with Gasteiger partial charge in [-0.2, -0.15) is 0 Å². The van der Waals surface area contributed by atoms with Crippen LogP contribution in [0.5, 0.6) is 0 Å². The van der Waals surface area contributed by atoms with Gasteiger partial charge in [-0.05, 0) is 18.2 Å². The summed E-state index contributed by atoms with van der Waals surface area (Å²) in [6.45, 7) is 0. The fraction of sp³-hybridized carbons (Fsp3) is 0. The quantitative estimate of drug-likeness (QED) is 0.520. The number of nitrogens with one attached hydrogen (secondary N) is 2. The molecule has 0 aliphatic rings. The predicted octanol–water partition coefficient (Wildman–Crippen LogP) is -4.61. The van der Waals surface area contributed by atoms with E-state index in [-0.39, 0.29) is 62.0 Å². The summed E-state index contributed by atoms with van der Waals surface area (Å²) in [5, 5.41) is 5.02. The van der Waals surface area contributed by atoms with Gasteiger partial charge in [0.05, 0.1) is 5.69 Å². The van der Waals surface area contributed by atoms with Crippen molar-refractivity contribution in [2.24, 2.45) is 0 Å². The van der Waals surface area contributed by atoms with Crippen molar-refractivity contribution < 1.29 is 62.0 Å². The molecule has 2 aromatic rings. The average Bonchev–Trinajstić information content (AvgIpc) is 2.44. The number of hydrogen-bond donors (Lipinski definition) is 2. The Morgan fingerprint density at radius 2 is 1.35 bits per heavy atom. The van der Waals surface area contributed by atoms with Crippen LogP contribution in [0, 0.1) is 0 Å². The number of aromatic nitrogens is 3. The molecular formula is C8H7Cl2N3Na2O2. The Hall–Kier alpha value is 0.540. The van der Waals surface area contributed by atoms with E-state index in [4.69, 9.17) is 23.2 Å². The zero-order valence-electron chi connectivity index (χ0n) is 11.3. The molecule has 0 unspecified atom stereocenters. The Morgan fingerprint density at radius 3 is 1.76 bits per heavy atom. The standard InChI is InChI=1S/C8H5Cl2N3O2.2Na.2H/c9-4-1-5(10)3-6(2-4)13-7(14)11-12-8(13)15;;;;/h1-3H,(H,11,14)(H,12,15);;;;/q;2*+1;2*-1. The van der Waals surface area contributed by atoms with Crippen molar-refractivity contribution in [3.05, 3.63) is 49.2 Å². The Balaban J connectivity index is -0.000000640. The van der Waals surface area contributed by atoms with E-state index in [1.165, 1.54) is 18.2 Å².